The number of aromatic amines is 1. The second-order valence-electron chi connectivity index (χ2n) is 11.2. The van der Waals surface area contributed by atoms with Crippen LogP contribution in [0.3, 0.4) is 0 Å². The lowest BCUT2D eigenvalue weighted by molar-refractivity contribution is 0.0557. The maximum absolute atomic E-state index is 13.2. The molecular weight excluding hydrogens is 506 g/mol. The van der Waals surface area contributed by atoms with Crippen LogP contribution in [0.25, 0.3) is 27.7 Å². The Hall–Kier alpha value is -4.54. The van der Waals surface area contributed by atoms with Gasteiger partial charge >= 0.3 is 0 Å². The van der Waals surface area contributed by atoms with Crippen molar-refractivity contribution in [1.82, 2.24) is 39.7 Å². The third-order valence-electron chi connectivity index (χ3n) is 8.91. The van der Waals surface area contributed by atoms with E-state index in [0.29, 0.717) is 17.6 Å². The number of nitrogens with zero attached hydrogens (tertiary/aromatic N) is 7. The van der Waals surface area contributed by atoms with Crippen molar-refractivity contribution in [1.29, 1.82) is 0 Å². The molecule has 1 aromatic carbocycles. The molecule has 1 aliphatic carbocycles. The minimum absolute atomic E-state index is 0.0627. The summed E-state index contributed by atoms with van der Waals surface area (Å²) >= 11 is 0. The highest BCUT2D eigenvalue weighted by Gasteiger charge is 2.46. The first-order valence-corrected chi connectivity index (χ1v) is 13.9. The van der Waals surface area contributed by atoms with Gasteiger partial charge in [0.05, 0.1) is 24.5 Å². The topological polar surface area (TPSA) is 140 Å². The van der Waals surface area contributed by atoms with Crippen molar-refractivity contribution in [2.75, 3.05) is 12.8 Å². The van der Waals surface area contributed by atoms with Crippen molar-refractivity contribution in [2.45, 2.75) is 62.4 Å². The van der Waals surface area contributed by atoms with Crippen molar-refractivity contribution < 1.29 is 9.53 Å². The third kappa shape index (κ3) is 3.56. The first-order valence-electron chi connectivity index (χ1n) is 13.9. The second-order valence-corrected chi connectivity index (χ2v) is 11.2. The van der Waals surface area contributed by atoms with Crippen LogP contribution in [0.15, 0.2) is 43.0 Å². The number of nitrogens with one attached hydrogen (secondary N) is 1. The zero-order valence-electron chi connectivity index (χ0n) is 22.1. The maximum atomic E-state index is 13.2. The molecule has 3 atom stereocenters. The number of ether oxygens (including phenoxy) is 1. The fraction of sp³-hybridized carbons (Fsp3) is 0.379. The number of benzene rings is 1. The fourth-order valence-electron chi connectivity index (χ4n) is 6.90. The van der Waals surface area contributed by atoms with Gasteiger partial charge in [0.2, 0.25) is 5.82 Å². The molecule has 2 saturated heterocycles. The molecule has 0 spiro atoms. The summed E-state index contributed by atoms with van der Waals surface area (Å²) < 4.78 is 7.21. The van der Waals surface area contributed by atoms with Gasteiger partial charge in [-0.2, -0.15) is 9.61 Å². The van der Waals surface area contributed by atoms with Gasteiger partial charge in [-0.3, -0.25) is 9.78 Å². The average molecular weight is 536 g/mol. The number of amides is 1. The van der Waals surface area contributed by atoms with Crippen LogP contribution < -0.4 is 10.5 Å². The van der Waals surface area contributed by atoms with Gasteiger partial charge in [-0.05, 0) is 68.7 Å². The molecule has 0 unspecified atom stereocenters. The van der Waals surface area contributed by atoms with E-state index in [9.17, 15) is 4.79 Å². The lowest BCUT2D eigenvalue weighted by Crippen LogP contribution is -2.46. The summed E-state index contributed by atoms with van der Waals surface area (Å²) in [5.74, 6) is 2.35. The highest BCUT2D eigenvalue weighted by molar-refractivity contribution is 5.91. The Bertz CT molecular complexity index is 1760. The SMILES string of the molecule is COc1ccc2ncc(-c3cnn4c(N)c(C5CC5)c([C@H]5C[C@H]6CC[C@@H](C5)N6C(=O)c5nnc[nH]5)nc34)cc2c1. The Morgan fingerprint density at radius 3 is 2.62 bits per heavy atom. The number of aromatic nitrogens is 7. The van der Waals surface area contributed by atoms with E-state index in [0.717, 1.165) is 83.2 Å². The van der Waals surface area contributed by atoms with Crippen molar-refractivity contribution in [3.05, 3.63) is 60.1 Å². The minimum Gasteiger partial charge on any atom is -0.497 e. The van der Waals surface area contributed by atoms with E-state index in [1.54, 1.807) is 11.6 Å². The third-order valence-corrected chi connectivity index (χ3v) is 8.91. The standard InChI is InChI=1S/C29H29N9O2/c1-40-21-6-7-23-16(11-21)8-18(12-31-23)22-13-34-38-26(30)24(15-2-3-15)25(35-28(22)38)17-9-19-4-5-20(10-17)37(19)29(39)27-32-14-33-36-27/h6-8,11-15,17,19-20H,2-5,9-10,30H2,1H3,(H,32,33,36)/t17-,19+,20-. The highest BCUT2D eigenvalue weighted by atomic mass is 16.5. The van der Waals surface area contributed by atoms with E-state index in [4.69, 9.17) is 15.5 Å². The van der Waals surface area contributed by atoms with Crippen LogP contribution in [0, 0.1) is 0 Å². The van der Waals surface area contributed by atoms with Crippen LogP contribution in [0.1, 0.15) is 72.2 Å². The summed E-state index contributed by atoms with van der Waals surface area (Å²) in [4.78, 5) is 28.1. The number of fused-ring (bicyclic) bond motifs is 4. The van der Waals surface area contributed by atoms with Gasteiger partial charge in [0.1, 0.15) is 17.9 Å². The predicted molar refractivity (Wildman–Crippen MR) is 148 cm³/mol. The molecule has 202 valence electrons. The van der Waals surface area contributed by atoms with Crippen LogP contribution in [-0.4, -0.2) is 64.8 Å². The normalized spacial score (nSPS) is 22.3. The van der Waals surface area contributed by atoms with E-state index in [1.165, 1.54) is 6.33 Å². The van der Waals surface area contributed by atoms with Crippen molar-refractivity contribution in [2.24, 2.45) is 0 Å². The fourth-order valence-corrected chi connectivity index (χ4v) is 6.90. The number of anilines is 1. The van der Waals surface area contributed by atoms with Crippen LogP contribution in [0.2, 0.25) is 0 Å². The quantitative estimate of drug-likeness (QED) is 0.343. The molecule has 5 aromatic rings. The molecule has 11 nitrogen and oxygen atoms in total. The predicted octanol–water partition coefficient (Wildman–Crippen LogP) is 4.08. The number of hydrogen-bond donors (Lipinski definition) is 2. The van der Waals surface area contributed by atoms with Crippen LogP contribution in [0.4, 0.5) is 5.82 Å². The number of methoxy groups -OCH3 is 1. The molecule has 1 saturated carbocycles. The second kappa shape index (κ2) is 8.73. The molecule has 11 heteroatoms. The monoisotopic (exact) mass is 535 g/mol. The Kier molecular flexibility index (Phi) is 5.10. The average Bonchev–Trinajstić information content (AvgIpc) is 3.36. The van der Waals surface area contributed by atoms with Crippen LogP contribution >= 0.6 is 0 Å². The van der Waals surface area contributed by atoms with E-state index < -0.39 is 0 Å². The Morgan fingerprint density at radius 1 is 1.07 bits per heavy atom. The van der Waals surface area contributed by atoms with Gasteiger partial charge in [0, 0.05) is 46.3 Å². The molecule has 6 heterocycles. The number of H-pyrrole nitrogens is 1. The smallest absolute Gasteiger partial charge is 0.292 e. The first-order chi connectivity index (χ1) is 19.6. The zero-order valence-corrected chi connectivity index (χ0v) is 22.1. The van der Waals surface area contributed by atoms with Crippen LogP contribution in [-0.2, 0) is 0 Å². The lowest BCUT2D eigenvalue weighted by Gasteiger charge is -2.39. The van der Waals surface area contributed by atoms with Gasteiger partial charge in [-0.15, -0.1) is 10.2 Å². The molecule has 2 aliphatic heterocycles. The molecule has 40 heavy (non-hydrogen) atoms. The van der Waals surface area contributed by atoms with Crippen molar-refractivity contribution in [3.63, 3.8) is 0 Å². The summed E-state index contributed by atoms with van der Waals surface area (Å²) in [6, 6.07) is 8.25. The molecule has 2 bridgehead atoms. The van der Waals surface area contributed by atoms with E-state index in [1.807, 2.05) is 35.5 Å². The summed E-state index contributed by atoms with van der Waals surface area (Å²) in [7, 11) is 1.66. The largest absolute Gasteiger partial charge is 0.497 e. The molecule has 8 rings (SSSR count). The molecule has 3 fully saturated rings. The van der Waals surface area contributed by atoms with Gasteiger partial charge in [-0.1, -0.05) is 0 Å². The Morgan fingerprint density at radius 2 is 1.90 bits per heavy atom. The van der Waals surface area contributed by atoms with E-state index in [-0.39, 0.29) is 23.9 Å². The number of hydrogen-bond acceptors (Lipinski definition) is 8. The Balaban J connectivity index is 1.20. The molecule has 4 aromatic heterocycles. The number of rotatable bonds is 5. The number of pyridine rings is 1. The summed E-state index contributed by atoms with van der Waals surface area (Å²) in [6.45, 7) is 0. The summed E-state index contributed by atoms with van der Waals surface area (Å²) in [5.41, 5.74) is 12.5. The summed E-state index contributed by atoms with van der Waals surface area (Å²) in [5, 5.41) is 13.4. The summed E-state index contributed by atoms with van der Waals surface area (Å²) in [6.07, 6.45) is 11.1. The number of nitrogen functional groups attached to an aromatic ring is 1. The molecule has 3 N–H and O–H groups in total. The highest BCUT2D eigenvalue weighted by Crippen LogP contribution is 2.50. The molecule has 3 aliphatic rings. The molecule has 1 amide bonds. The lowest BCUT2D eigenvalue weighted by atomic mass is 9.85. The van der Waals surface area contributed by atoms with E-state index >= 15 is 0 Å². The number of nitrogens with two attached hydrogens (primary N) is 1. The van der Waals surface area contributed by atoms with Crippen molar-refractivity contribution >= 4 is 28.3 Å². The van der Waals surface area contributed by atoms with Gasteiger partial charge in [-0.25, -0.2) is 4.98 Å². The number of carbonyl (C=O) groups is 1. The first kappa shape index (κ1) is 23.4. The minimum atomic E-state index is -0.0627. The van der Waals surface area contributed by atoms with Gasteiger partial charge < -0.3 is 20.4 Å². The molecule has 0 radical (unpaired) electrons. The Labute approximate surface area is 229 Å². The molecular formula is C29H29N9O2. The zero-order chi connectivity index (χ0) is 27.0. The van der Waals surface area contributed by atoms with Gasteiger partial charge in [0.25, 0.3) is 5.91 Å². The van der Waals surface area contributed by atoms with Crippen LogP contribution in [0.5, 0.6) is 5.75 Å². The number of carbonyl (C=O) groups excluding carboxylic acids is 1. The van der Waals surface area contributed by atoms with E-state index in [2.05, 4.69) is 31.3 Å². The maximum Gasteiger partial charge on any atom is 0.292 e. The van der Waals surface area contributed by atoms with Crippen molar-refractivity contribution in [3.8, 4) is 16.9 Å². The number of piperidine rings is 1. The van der Waals surface area contributed by atoms with Gasteiger partial charge in [0.15, 0.2) is 5.65 Å².